The molecule has 0 unspecified atom stereocenters. The van der Waals surface area contributed by atoms with Crippen molar-refractivity contribution >= 4 is 23.7 Å². The normalized spacial score (nSPS) is 26.3. The molecule has 11 nitrogen and oxygen atoms in total. The number of hydrogen-bond donors (Lipinski definition) is 2. The molecule has 1 spiro atoms. The summed E-state index contributed by atoms with van der Waals surface area (Å²) >= 11 is 0. The molecule has 2 bridgehead atoms. The number of ether oxygens (including phenoxy) is 3. The van der Waals surface area contributed by atoms with E-state index in [0.717, 1.165) is 0 Å². The molecule has 1 aromatic carbocycles. The van der Waals surface area contributed by atoms with E-state index < -0.39 is 47.7 Å². The van der Waals surface area contributed by atoms with E-state index >= 15 is 0 Å². The smallest absolute Gasteiger partial charge is 0.313 e. The van der Waals surface area contributed by atoms with E-state index in [0.29, 0.717) is 31.4 Å². The Bertz CT molecular complexity index is 1240. The minimum atomic E-state index is -1.20. The van der Waals surface area contributed by atoms with Crippen molar-refractivity contribution in [3.63, 3.8) is 0 Å². The number of allylic oxidation sites excluding steroid dienone is 1. The van der Waals surface area contributed by atoms with Crippen molar-refractivity contribution in [1.82, 2.24) is 15.1 Å². The zero-order valence-corrected chi connectivity index (χ0v) is 26.6. The number of amides is 3. The third-order valence-corrected chi connectivity index (χ3v) is 9.10. The topological polar surface area (TPSA) is 135 Å². The first-order valence-electron chi connectivity index (χ1n) is 15.8. The largest absolute Gasteiger partial charge is 0.455 e. The van der Waals surface area contributed by atoms with Crippen LogP contribution in [0.1, 0.15) is 57.6 Å². The average Bonchev–Trinajstić information content (AvgIpc) is 3.67. The SMILES string of the molecule is C=CCCC(=O)N[C@@H](COC)[C@@H](OC(=O)[C@@H]1[C@H]2C(=O)N(CCCO)[C@H](C(=O)N(CC=C)C(C)C)[C@]23CC[C@H]1O3)c1ccccc1. The average molecular weight is 626 g/mol. The molecule has 45 heavy (non-hydrogen) atoms. The maximum Gasteiger partial charge on any atom is 0.313 e. The minimum absolute atomic E-state index is 0.0728. The van der Waals surface area contributed by atoms with E-state index in [9.17, 15) is 24.3 Å². The summed E-state index contributed by atoms with van der Waals surface area (Å²) in [5.74, 6) is -3.35. The van der Waals surface area contributed by atoms with E-state index in [2.05, 4.69) is 18.5 Å². The lowest BCUT2D eigenvalue weighted by Crippen LogP contribution is -2.57. The summed E-state index contributed by atoms with van der Waals surface area (Å²) in [5, 5.41) is 12.6. The molecular weight excluding hydrogens is 578 g/mol. The maximum absolute atomic E-state index is 14.2. The Balaban J connectivity index is 1.68. The zero-order chi connectivity index (χ0) is 32.7. The number of methoxy groups -OCH3 is 1. The summed E-state index contributed by atoms with van der Waals surface area (Å²) in [4.78, 5) is 58.5. The van der Waals surface area contributed by atoms with Gasteiger partial charge >= 0.3 is 5.97 Å². The highest BCUT2D eigenvalue weighted by molar-refractivity contribution is 5.98. The van der Waals surface area contributed by atoms with Crippen LogP contribution in [0.4, 0.5) is 0 Å². The number of nitrogens with zero attached hydrogens (tertiary/aromatic N) is 2. The van der Waals surface area contributed by atoms with Gasteiger partial charge in [0.15, 0.2) is 0 Å². The Morgan fingerprint density at radius 1 is 1.22 bits per heavy atom. The molecule has 246 valence electrons. The molecule has 3 heterocycles. The number of carbonyl (C=O) groups is 4. The van der Waals surface area contributed by atoms with Crippen LogP contribution in [0, 0.1) is 11.8 Å². The molecule has 3 amide bonds. The molecule has 11 heteroatoms. The van der Waals surface area contributed by atoms with Crippen LogP contribution in [-0.4, -0.2) is 102 Å². The van der Waals surface area contributed by atoms with Gasteiger partial charge in [-0.05, 0) is 45.1 Å². The van der Waals surface area contributed by atoms with Crippen molar-refractivity contribution in [3.8, 4) is 0 Å². The molecule has 3 aliphatic rings. The highest BCUT2D eigenvalue weighted by atomic mass is 16.6. The number of aliphatic hydroxyl groups is 1. The lowest BCUT2D eigenvalue weighted by atomic mass is 9.70. The fourth-order valence-electron chi connectivity index (χ4n) is 7.16. The molecule has 2 N–H and O–H groups in total. The number of carbonyl (C=O) groups excluding carboxylic acids is 4. The quantitative estimate of drug-likeness (QED) is 0.199. The molecule has 3 aliphatic heterocycles. The van der Waals surface area contributed by atoms with Crippen molar-refractivity contribution in [2.45, 2.75) is 81.9 Å². The van der Waals surface area contributed by atoms with Gasteiger partial charge in [0.05, 0.1) is 30.6 Å². The van der Waals surface area contributed by atoms with Crippen molar-refractivity contribution in [2.24, 2.45) is 11.8 Å². The summed E-state index contributed by atoms with van der Waals surface area (Å²) in [5.41, 5.74) is -0.539. The first-order chi connectivity index (χ1) is 21.6. The van der Waals surface area contributed by atoms with E-state index in [4.69, 9.17) is 14.2 Å². The Morgan fingerprint density at radius 2 is 1.96 bits per heavy atom. The van der Waals surface area contributed by atoms with Crippen LogP contribution in [-0.2, 0) is 33.4 Å². The first kappa shape index (κ1) is 34.3. The number of esters is 1. The molecule has 7 atom stereocenters. The van der Waals surface area contributed by atoms with Gasteiger partial charge in [0.1, 0.15) is 17.7 Å². The van der Waals surface area contributed by atoms with Crippen LogP contribution < -0.4 is 5.32 Å². The number of benzene rings is 1. The van der Waals surface area contributed by atoms with E-state index in [1.54, 1.807) is 29.2 Å². The lowest BCUT2D eigenvalue weighted by Gasteiger charge is -2.38. The van der Waals surface area contributed by atoms with Crippen LogP contribution in [0.25, 0.3) is 0 Å². The number of fused-ring (bicyclic) bond motifs is 1. The predicted octanol–water partition coefficient (Wildman–Crippen LogP) is 2.55. The van der Waals surface area contributed by atoms with Crippen molar-refractivity contribution in [3.05, 3.63) is 61.2 Å². The predicted molar refractivity (Wildman–Crippen MR) is 167 cm³/mol. The fraction of sp³-hybridized carbons (Fsp3) is 0.588. The Kier molecular flexibility index (Phi) is 11.6. The lowest BCUT2D eigenvalue weighted by molar-refractivity contribution is -0.163. The van der Waals surface area contributed by atoms with Gasteiger partial charge in [-0.2, -0.15) is 0 Å². The number of aliphatic hydroxyl groups excluding tert-OH is 1. The van der Waals surface area contributed by atoms with Crippen LogP contribution in [0.3, 0.4) is 0 Å². The molecule has 3 fully saturated rings. The molecule has 0 saturated carbocycles. The third-order valence-electron chi connectivity index (χ3n) is 9.10. The van der Waals surface area contributed by atoms with Gasteiger partial charge in [-0.3, -0.25) is 19.2 Å². The van der Waals surface area contributed by atoms with Crippen LogP contribution >= 0.6 is 0 Å². The molecule has 0 radical (unpaired) electrons. The zero-order valence-electron chi connectivity index (χ0n) is 26.6. The van der Waals surface area contributed by atoms with Gasteiger partial charge < -0.3 is 34.4 Å². The standard InChI is InChI=1S/C34H47N3O8/c1-6-8-15-26(39)35-24(21-43-5)29(23-13-10-9-11-14-23)44-33(42)27-25-16-17-34(45-25)28(27)31(40)37(19-12-20-38)30(34)32(41)36(18-7-2)22(3)4/h6-7,9-11,13-14,22,24-25,27-30,38H,1-2,8,12,15-21H2,3-5H3,(H,35,39)/t24-,25+,27-,28-,29-,30+,34-/m0/s1. The minimum Gasteiger partial charge on any atom is -0.455 e. The van der Waals surface area contributed by atoms with Crippen molar-refractivity contribution in [1.29, 1.82) is 0 Å². The number of hydrogen-bond acceptors (Lipinski definition) is 8. The number of likely N-dealkylation sites (tertiary alicyclic amines) is 1. The molecule has 4 rings (SSSR count). The molecule has 1 aromatic rings. The highest BCUT2D eigenvalue weighted by Gasteiger charge is 2.75. The monoisotopic (exact) mass is 625 g/mol. The van der Waals surface area contributed by atoms with Gasteiger partial charge in [-0.15, -0.1) is 13.2 Å². The number of rotatable bonds is 17. The van der Waals surface area contributed by atoms with E-state index in [1.807, 2.05) is 32.0 Å². The second-order valence-corrected chi connectivity index (χ2v) is 12.3. The van der Waals surface area contributed by atoms with Crippen LogP contribution in [0.2, 0.25) is 0 Å². The Morgan fingerprint density at radius 3 is 2.58 bits per heavy atom. The van der Waals surface area contributed by atoms with Crippen LogP contribution in [0.5, 0.6) is 0 Å². The van der Waals surface area contributed by atoms with E-state index in [-0.39, 0.29) is 56.4 Å². The summed E-state index contributed by atoms with van der Waals surface area (Å²) in [6.07, 6.45) is 3.70. The molecular formula is C34H47N3O8. The second kappa shape index (κ2) is 15.2. The van der Waals surface area contributed by atoms with Crippen molar-refractivity contribution in [2.75, 3.05) is 33.4 Å². The Labute approximate surface area is 265 Å². The summed E-state index contributed by atoms with van der Waals surface area (Å²) in [6.45, 7) is 11.6. The van der Waals surface area contributed by atoms with Gasteiger partial charge in [0, 0.05) is 39.3 Å². The Hall–Kier alpha value is -3.54. The summed E-state index contributed by atoms with van der Waals surface area (Å²) in [7, 11) is 1.50. The van der Waals surface area contributed by atoms with Crippen molar-refractivity contribution < 1.29 is 38.5 Å². The van der Waals surface area contributed by atoms with Gasteiger partial charge in [-0.25, -0.2) is 0 Å². The molecule has 0 aliphatic carbocycles. The van der Waals surface area contributed by atoms with Gasteiger partial charge in [0.2, 0.25) is 17.7 Å². The van der Waals surface area contributed by atoms with Gasteiger partial charge in [-0.1, -0.05) is 42.5 Å². The van der Waals surface area contributed by atoms with Gasteiger partial charge in [0.25, 0.3) is 0 Å². The fourth-order valence-corrected chi connectivity index (χ4v) is 7.16. The van der Waals surface area contributed by atoms with Crippen LogP contribution in [0.15, 0.2) is 55.6 Å². The third kappa shape index (κ3) is 6.85. The molecule has 3 saturated heterocycles. The second-order valence-electron chi connectivity index (χ2n) is 12.3. The summed E-state index contributed by atoms with van der Waals surface area (Å²) in [6, 6.07) is 7.27. The maximum atomic E-state index is 14.2. The summed E-state index contributed by atoms with van der Waals surface area (Å²) < 4.78 is 18.2. The number of nitrogens with one attached hydrogen (secondary N) is 1. The first-order valence-corrected chi connectivity index (χ1v) is 15.8. The van der Waals surface area contributed by atoms with E-state index in [1.165, 1.54) is 12.0 Å². The highest BCUT2D eigenvalue weighted by Crippen LogP contribution is 2.59. The molecule has 0 aromatic heterocycles.